The first-order valence-corrected chi connectivity index (χ1v) is 7.00. The predicted octanol–water partition coefficient (Wildman–Crippen LogP) is 2.98. The van der Waals surface area contributed by atoms with Crippen molar-refractivity contribution in [2.24, 2.45) is 0 Å². The zero-order chi connectivity index (χ0) is 17.7. The van der Waals surface area contributed by atoms with Crippen molar-refractivity contribution in [3.8, 4) is 0 Å². The average molecular weight is 345 g/mol. The van der Waals surface area contributed by atoms with Crippen LogP contribution >= 0.6 is 0 Å². The van der Waals surface area contributed by atoms with Gasteiger partial charge in [0.2, 0.25) is 0 Å². The van der Waals surface area contributed by atoms with E-state index in [0.717, 1.165) is 0 Å². The lowest BCUT2D eigenvalue weighted by Crippen LogP contribution is -2.32. The molecule has 0 radical (unpaired) electrons. The molecular formula is C15H15F4N3O2. The van der Waals surface area contributed by atoms with Crippen LogP contribution in [0, 0.1) is 5.82 Å². The maximum Gasteiger partial charge on any atom is 0.411 e. The number of carbonyl (C=O) groups is 1. The largest absolute Gasteiger partial charge is 0.411 e. The third-order valence-electron chi connectivity index (χ3n) is 3.11. The van der Waals surface area contributed by atoms with Crippen molar-refractivity contribution < 1.29 is 27.1 Å². The number of halogens is 4. The van der Waals surface area contributed by atoms with Gasteiger partial charge in [0.05, 0.1) is 12.7 Å². The number of nitrogens with zero attached hydrogens (tertiary/aromatic N) is 2. The number of aromatic nitrogens is 2. The van der Waals surface area contributed by atoms with Crippen LogP contribution in [0.25, 0.3) is 0 Å². The molecule has 2 aromatic rings. The monoisotopic (exact) mass is 345 g/mol. The number of ether oxygens (including phenoxy) is 1. The first-order valence-electron chi connectivity index (χ1n) is 7.00. The lowest BCUT2D eigenvalue weighted by molar-refractivity contribution is -0.184. The number of anilines is 1. The second kappa shape index (κ2) is 7.43. The molecular weight excluding hydrogens is 330 g/mol. The molecule has 1 aromatic carbocycles. The number of carbonyl (C=O) groups excluding carboxylic acids is 1. The van der Waals surface area contributed by atoms with E-state index in [2.05, 4.69) is 15.2 Å². The highest BCUT2D eigenvalue weighted by Crippen LogP contribution is 2.17. The summed E-state index contributed by atoms with van der Waals surface area (Å²) in [5, 5.41) is 6.38. The molecule has 1 aromatic heterocycles. The Hall–Kier alpha value is -2.42. The molecule has 0 saturated heterocycles. The Labute approximate surface area is 135 Å². The second-order valence-electron chi connectivity index (χ2n) is 5.02. The molecule has 0 aliphatic rings. The van der Waals surface area contributed by atoms with E-state index in [1.54, 1.807) is 18.2 Å². The van der Waals surface area contributed by atoms with E-state index in [9.17, 15) is 22.4 Å². The molecule has 9 heteroatoms. The van der Waals surface area contributed by atoms with Crippen LogP contribution in [-0.2, 0) is 16.1 Å². The van der Waals surface area contributed by atoms with Gasteiger partial charge in [-0.25, -0.2) is 9.07 Å². The van der Waals surface area contributed by atoms with Crippen LogP contribution in [0.3, 0.4) is 0 Å². The van der Waals surface area contributed by atoms with Crippen LogP contribution in [0.5, 0.6) is 0 Å². The molecule has 0 aliphatic carbocycles. The molecule has 1 heterocycles. The third kappa shape index (κ3) is 5.05. The summed E-state index contributed by atoms with van der Waals surface area (Å²) in [5.41, 5.74) is 0.359. The zero-order valence-electron chi connectivity index (χ0n) is 12.7. The van der Waals surface area contributed by atoms with E-state index >= 15 is 0 Å². The van der Waals surface area contributed by atoms with Gasteiger partial charge in [-0.05, 0) is 13.0 Å². The van der Waals surface area contributed by atoms with E-state index < -0.39 is 30.6 Å². The van der Waals surface area contributed by atoms with Crippen molar-refractivity contribution in [2.45, 2.75) is 25.7 Å². The van der Waals surface area contributed by atoms with Crippen molar-refractivity contribution in [3.63, 3.8) is 0 Å². The molecule has 0 unspecified atom stereocenters. The molecule has 0 bridgehead atoms. The number of amides is 1. The number of benzene rings is 1. The zero-order valence-corrected chi connectivity index (χ0v) is 12.7. The molecule has 5 nitrogen and oxygen atoms in total. The van der Waals surface area contributed by atoms with E-state index in [-0.39, 0.29) is 12.4 Å². The van der Waals surface area contributed by atoms with Gasteiger partial charge < -0.3 is 10.1 Å². The normalized spacial score (nSPS) is 12.9. The highest BCUT2D eigenvalue weighted by molar-refractivity contribution is 5.93. The summed E-state index contributed by atoms with van der Waals surface area (Å²) in [7, 11) is 0. The Kier molecular flexibility index (Phi) is 5.55. The highest BCUT2D eigenvalue weighted by atomic mass is 19.4. The maximum atomic E-state index is 13.7. The average Bonchev–Trinajstić information content (AvgIpc) is 2.93. The van der Waals surface area contributed by atoms with E-state index in [0.29, 0.717) is 5.56 Å². The minimum atomic E-state index is -4.51. The van der Waals surface area contributed by atoms with Crippen LogP contribution in [0.15, 0.2) is 36.5 Å². The summed E-state index contributed by atoms with van der Waals surface area (Å²) in [6, 6.07) is 7.52. The minimum Gasteiger partial charge on any atom is -0.359 e. The molecule has 130 valence electrons. The van der Waals surface area contributed by atoms with Crippen molar-refractivity contribution in [2.75, 3.05) is 11.9 Å². The Morgan fingerprint density at radius 1 is 1.33 bits per heavy atom. The van der Waals surface area contributed by atoms with Gasteiger partial charge in [-0.1, -0.05) is 18.2 Å². The molecule has 0 saturated carbocycles. The maximum absolute atomic E-state index is 13.7. The number of alkyl halides is 3. The molecule has 0 spiro atoms. The summed E-state index contributed by atoms with van der Waals surface area (Å²) >= 11 is 0. The summed E-state index contributed by atoms with van der Waals surface area (Å²) < 4.78 is 55.7. The van der Waals surface area contributed by atoms with E-state index in [1.165, 1.54) is 29.9 Å². The van der Waals surface area contributed by atoms with Crippen LogP contribution in [-0.4, -0.2) is 34.6 Å². The van der Waals surface area contributed by atoms with Crippen molar-refractivity contribution in [3.05, 3.63) is 47.9 Å². The third-order valence-corrected chi connectivity index (χ3v) is 3.11. The van der Waals surface area contributed by atoms with Crippen LogP contribution in [0.2, 0.25) is 0 Å². The fourth-order valence-electron chi connectivity index (χ4n) is 1.88. The standard InChI is InChI=1S/C15H15F4N3O2/c1-10(24-9-15(17,18)19)14(23)21-13-6-7-20-22(13)8-11-4-2-3-5-12(11)16/h2-7,10H,8-9H2,1H3,(H,21,23)/t10-/m0/s1. The lowest BCUT2D eigenvalue weighted by atomic mass is 10.2. The van der Waals surface area contributed by atoms with Gasteiger partial charge in [0.15, 0.2) is 0 Å². The fraction of sp³-hybridized carbons (Fsp3) is 0.333. The summed E-state index contributed by atoms with van der Waals surface area (Å²) in [6.07, 6.45) is -4.43. The number of hydrogen-bond acceptors (Lipinski definition) is 3. The van der Waals surface area contributed by atoms with Crippen molar-refractivity contribution in [1.29, 1.82) is 0 Å². The highest BCUT2D eigenvalue weighted by Gasteiger charge is 2.30. The van der Waals surface area contributed by atoms with Crippen molar-refractivity contribution in [1.82, 2.24) is 9.78 Å². The van der Waals surface area contributed by atoms with Crippen LogP contribution < -0.4 is 5.32 Å². The van der Waals surface area contributed by atoms with Crippen LogP contribution in [0.4, 0.5) is 23.4 Å². The molecule has 24 heavy (non-hydrogen) atoms. The first kappa shape index (κ1) is 17.9. The molecule has 1 N–H and O–H groups in total. The number of hydrogen-bond donors (Lipinski definition) is 1. The summed E-state index contributed by atoms with van der Waals surface area (Å²) in [5.74, 6) is -0.951. The van der Waals surface area contributed by atoms with Crippen LogP contribution in [0.1, 0.15) is 12.5 Å². The number of rotatable bonds is 6. The van der Waals surface area contributed by atoms with Gasteiger partial charge in [0.1, 0.15) is 24.3 Å². The van der Waals surface area contributed by atoms with Gasteiger partial charge in [-0.2, -0.15) is 18.3 Å². The SMILES string of the molecule is C[C@H](OCC(F)(F)F)C(=O)Nc1ccnn1Cc1ccccc1F. The summed E-state index contributed by atoms with van der Waals surface area (Å²) in [6.45, 7) is -0.248. The Balaban J connectivity index is 2.00. The first-order chi connectivity index (χ1) is 11.3. The van der Waals surface area contributed by atoms with Gasteiger partial charge in [0.25, 0.3) is 5.91 Å². The lowest BCUT2D eigenvalue weighted by Gasteiger charge is -2.15. The smallest absolute Gasteiger partial charge is 0.359 e. The molecule has 1 atom stereocenters. The van der Waals surface area contributed by atoms with Gasteiger partial charge in [0, 0.05) is 11.6 Å². The van der Waals surface area contributed by atoms with Crippen molar-refractivity contribution >= 4 is 11.7 Å². The Bertz CT molecular complexity index is 700. The van der Waals surface area contributed by atoms with Gasteiger partial charge >= 0.3 is 6.18 Å². The second-order valence-corrected chi connectivity index (χ2v) is 5.02. The predicted molar refractivity (Wildman–Crippen MR) is 77.8 cm³/mol. The topological polar surface area (TPSA) is 56.1 Å². The molecule has 0 aliphatic heterocycles. The fourth-order valence-corrected chi connectivity index (χ4v) is 1.88. The summed E-state index contributed by atoms with van der Waals surface area (Å²) in [4.78, 5) is 11.9. The van der Waals surface area contributed by atoms with E-state index in [1.807, 2.05) is 0 Å². The quantitative estimate of drug-likeness (QED) is 0.819. The molecule has 1 amide bonds. The minimum absolute atomic E-state index is 0.0626. The molecule has 2 rings (SSSR count). The number of nitrogens with one attached hydrogen (secondary N) is 1. The Morgan fingerprint density at radius 2 is 2.04 bits per heavy atom. The molecule has 0 fully saturated rings. The van der Waals surface area contributed by atoms with Gasteiger partial charge in [-0.15, -0.1) is 0 Å². The van der Waals surface area contributed by atoms with E-state index in [4.69, 9.17) is 0 Å². The Morgan fingerprint density at radius 3 is 2.71 bits per heavy atom. The van der Waals surface area contributed by atoms with Gasteiger partial charge in [-0.3, -0.25) is 4.79 Å².